The molecule has 0 atom stereocenters. The summed E-state index contributed by atoms with van der Waals surface area (Å²) in [4.78, 5) is 21.4. The number of carbonyl (C=O) groups is 2. The number of rotatable bonds is 7. The molecule has 0 aromatic rings. The van der Waals surface area contributed by atoms with Crippen molar-refractivity contribution in [1.29, 1.82) is 0 Å². The summed E-state index contributed by atoms with van der Waals surface area (Å²) in [6.07, 6.45) is 7.09. The van der Waals surface area contributed by atoms with Gasteiger partial charge in [0.1, 0.15) is 0 Å². The van der Waals surface area contributed by atoms with Crippen LogP contribution in [0.4, 0.5) is 0 Å². The molecule has 0 aromatic carbocycles. The fraction of sp³-hybridized carbons (Fsp3) is 0.636. The molecule has 0 aliphatic heterocycles. The molecule has 0 amide bonds. The lowest BCUT2D eigenvalue weighted by atomic mass is 10.2. The fourth-order valence-electron chi connectivity index (χ4n) is 1.01. The highest BCUT2D eigenvalue weighted by molar-refractivity contribution is 5.70. The predicted molar refractivity (Wildman–Crippen MR) is 56.3 cm³/mol. The summed E-state index contributed by atoms with van der Waals surface area (Å²) in [6, 6.07) is 0. The van der Waals surface area contributed by atoms with Crippen molar-refractivity contribution in [2.75, 3.05) is 14.2 Å². The van der Waals surface area contributed by atoms with Crippen molar-refractivity contribution in [2.24, 2.45) is 0 Å². The summed E-state index contributed by atoms with van der Waals surface area (Å²) in [6.45, 7) is 0. The largest absolute Gasteiger partial charge is 0.469 e. The Kier molecular flexibility index (Phi) is 8.43. The third kappa shape index (κ3) is 9.00. The van der Waals surface area contributed by atoms with Crippen LogP contribution in [-0.4, -0.2) is 26.2 Å². The predicted octanol–water partition coefficient (Wildman–Crippen LogP) is 1.84. The molecule has 0 saturated carbocycles. The van der Waals surface area contributed by atoms with Gasteiger partial charge < -0.3 is 9.47 Å². The van der Waals surface area contributed by atoms with Crippen molar-refractivity contribution >= 4 is 11.9 Å². The lowest BCUT2D eigenvalue weighted by Gasteiger charge is -1.97. The van der Waals surface area contributed by atoms with Gasteiger partial charge >= 0.3 is 11.9 Å². The molecule has 0 bridgehead atoms. The van der Waals surface area contributed by atoms with Crippen molar-refractivity contribution in [3.8, 4) is 0 Å². The Bertz CT molecular complexity index is 221. The van der Waals surface area contributed by atoms with E-state index in [4.69, 9.17) is 0 Å². The minimum Gasteiger partial charge on any atom is -0.469 e. The van der Waals surface area contributed by atoms with Gasteiger partial charge in [-0.25, -0.2) is 0 Å². The maximum Gasteiger partial charge on any atom is 0.309 e. The Labute approximate surface area is 90.2 Å². The first-order valence-corrected chi connectivity index (χ1v) is 4.99. The van der Waals surface area contributed by atoms with Crippen LogP contribution >= 0.6 is 0 Å². The molecular formula is C11H18O4. The number of carbonyl (C=O) groups excluding carboxylic acids is 2. The normalized spacial score (nSPS) is 10.3. The Morgan fingerprint density at radius 2 is 1.67 bits per heavy atom. The summed E-state index contributed by atoms with van der Waals surface area (Å²) in [5.41, 5.74) is 0. The molecule has 0 aliphatic rings. The van der Waals surface area contributed by atoms with Crippen LogP contribution in [0.25, 0.3) is 0 Å². The highest BCUT2D eigenvalue weighted by Gasteiger charge is 1.98. The van der Waals surface area contributed by atoms with Crippen LogP contribution < -0.4 is 0 Å². The summed E-state index contributed by atoms with van der Waals surface area (Å²) in [5, 5.41) is 0. The van der Waals surface area contributed by atoms with E-state index in [1.807, 2.05) is 6.08 Å². The number of allylic oxidation sites excluding steroid dienone is 1. The maximum absolute atomic E-state index is 10.7. The average Bonchev–Trinajstić information content (AvgIpc) is 2.26. The Morgan fingerprint density at radius 1 is 1.00 bits per heavy atom. The summed E-state index contributed by atoms with van der Waals surface area (Å²) in [5.74, 6) is -0.408. The van der Waals surface area contributed by atoms with Gasteiger partial charge in [-0.15, -0.1) is 0 Å². The molecule has 0 unspecified atom stereocenters. The van der Waals surface area contributed by atoms with Crippen LogP contribution in [-0.2, 0) is 19.1 Å². The lowest BCUT2D eigenvalue weighted by molar-refractivity contribution is -0.141. The van der Waals surface area contributed by atoms with E-state index in [1.54, 1.807) is 6.08 Å². The smallest absolute Gasteiger partial charge is 0.309 e. The van der Waals surface area contributed by atoms with Crippen LogP contribution in [0, 0.1) is 0 Å². The van der Waals surface area contributed by atoms with Crippen LogP contribution in [0.15, 0.2) is 12.2 Å². The van der Waals surface area contributed by atoms with Gasteiger partial charge in [-0.3, -0.25) is 9.59 Å². The molecular weight excluding hydrogens is 196 g/mol. The molecule has 0 rings (SSSR count). The zero-order chi connectivity index (χ0) is 11.5. The fourth-order valence-corrected chi connectivity index (χ4v) is 1.01. The lowest BCUT2D eigenvalue weighted by Crippen LogP contribution is -1.99. The third-order valence-corrected chi connectivity index (χ3v) is 1.91. The van der Waals surface area contributed by atoms with Gasteiger partial charge in [-0.05, 0) is 19.3 Å². The van der Waals surface area contributed by atoms with Crippen molar-refractivity contribution in [3.63, 3.8) is 0 Å². The number of hydrogen-bond donors (Lipinski definition) is 0. The quantitative estimate of drug-likeness (QED) is 0.368. The topological polar surface area (TPSA) is 52.6 Å². The van der Waals surface area contributed by atoms with E-state index in [-0.39, 0.29) is 11.9 Å². The summed E-state index contributed by atoms with van der Waals surface area (Å²) >= 11 is 0. The molecule has 15 heavy (non-hydrogen) atoms. The van der Waals surface area contributed by atoms with Gasteiger partial charge in [0, 0.05) is 6.42 Å². The molecule has 0 radical (unpaired) electrons. The molecule has 0 saturated heterocycles. The van der Waals surface area contributed by atoms with E-state index >= 15 is 0 Å². The monoisotopic (exact) mass is 214 g/mol. The Hall–Kier alpha value is -1.32. The zero-order valence-electron chi connectivity index (χ0n) is 9.32. The molecule has 0 aromatic heterocycles. The zero-order valence-corrected chi connectivity index (χ0v) is 9.32. The average molecular weight is 214 g/mol. The van der Waals surface area contributed by atoms with Crippen LogP contribution in [0.1, 0.15) is 32.1 Å². The number of esters is 2. The van der Waals surface area contributed by atoms with Gasteiger partial charge in [0.05, 0.1) is 20.6 Å². The second-order valence-electron chi connectivity index (χ2n) is 3.07. The molecule has 86 valence electrons. The standard InChI is InChI=1S/C11H18O4/c1-14-10(12)8-6-4-3-5-7-9-11(13)15-2/h4,6H,3,5,7-9H2,1-2H3/b6-4+. The molecule has 0 fully saturated rings. The first kappa shape index (κ1) is 13.7. The Morgan fingerprint density at radius 3 is 2.27 bits per heavy atom. The SMILES string of the molecule is COC(=O)C/C=C/CCCCC(=O)OC. The molecule has 4 heteroatoms. The molecule has 0 aliphatic carbocycles. The van der Waals surface area contributed by atoms with Gasteiger partial charge in [0.15, 0.2) is 0 Å². The van der Waals surface area contributed by atoms with Crippen LogP contribution in [0.2, 0.25) is 0 Å². The van der Waals surface area contributed by atoms with Gasteiger partial charge in [0.2, 0.25) is 0 Å². The number of hydrogen-bond acceptors (Lipinski definition) is 4. The van der Waals surface area contributed by atoms with E-state index in [0.717, 1.165) is 19.3 Å². The molecule has 0 spiro atoms. The van der Waals surface area contributed by atoms with Crippen molar-refractivity contribution in [3.05, 3.63) is 12.2 Å². The van der Waals surface area contributed by atoms with Crippen molar-refractivity contribution in [1.82, 2.24) is 0 Å². The van der Waals surface area contributed by atoms with E-state index < -0.39 is 0 Å². The first-order valence-electron chi connectivity index (χ1n) is 4.99. The number of methoxy groups -OCH3 is 2. The summed E-state index contributed by atoms with van der Waals surface area (Å²) in [7, 11) is 2.76. The van der Waals surface area contributed by atoms with Crippen LogP contribution in [0.5, 0.6) is 0 Å². The van der Waals surface area contributed by atoms with E-state index in [1.165, 1.54) is 14.2 Å². The van der Waals surface area contributed by atoms with E-state index in [9.17, 15) is 9.59 Å². The van der Waals surface area contributed by atoms with Gasteiger partial charge in [-0.1, -0.05) is 12.2 Å². The number of unbranched alkanes of at least 4 members (excludes halogenated alkanes) is 2. The van der Waals surface area contributed by atoms with Crippen molar-refractivity contribution in [2.45, 2.75) is 32.1 Å². The molecule has 0 N–H and O–H groups in total. The second kappa shape index (κ2) is 9.24. The second-order valence-corrected chi connectivity index (χ2v) is 3.07. The minimum absolute atomic E-state index is 0.173. The van der Waals surface area contributed by atoms with E-state index in [0.29, 0.717) is 12.8 Å². The minimum atomic E-state index is -0.235. The van der Waals surface area contributed by atoms with Crippen LogP contribution in [0.3, 0.4) is 0 Å². The maximum atomic E-state index is 10.7. The van der Waals surface area contributed by atoms with E-state index in [2.05, 4.69) is 9.47 Å². The highest BCUT2D eigenvalue weighted by Crippen LogP contribution is 2.02. The first-order chi connectivity index (χ1) is 7.20. The molecule has 4 nitrogen and oxygen atoms in total. The third-order valence-electron chi connectivity index (χ3n) is 1.91. The number of ether oxygens (including phenoxy) is 2. The summed E-state index contributed by atoms with van der Waals surface area (Å²) < 4.78 is 8.98. The van der Waals surface area contributed by atoms with Gasteiger partial charge in [-0.2, -0.15) is 0 Å². The Balaban J connectivity index is 3.31. The van der Waals surface area contributed by atoms with Crippen molar-refractivity contribution < 1.29 is 19.1 Å². The highest BCUT2D eigenvalue weighted by atomic mass is 16.5. The molecule has 0 heterocycles. The van der Waals surface area contributed by atoms with Gasteiger partial charge in [0.25, 0.3) is 0 Å².